The van der Waals surface area contributed by atoms with Crippen LogP contribution in [-0.2, 0) is 9.53 Å². The average molecular weight is 256 g/mol. The second-order valence-corrected chi connectivity index (χ2v) is 5.85. The van der Waals surface area contributed by atoms with Gasteiger partial charge in [-0.2, -0.15) is 0 Å². The molecule has 1 saturated carbocycles. The van der Waals surface area contributed by atoms with Crippen molar-refractivity contribution < 1.29 is 14.3 Å². The molecule has 2 amide bonds. The predicted molar refractivity (Wildman–Crippen MR) is 68.6 cm³/mol. The van der Waals surface area contributed by atoms with Gasteiger partial charge in [0.2, 0.25) is 5.91 Å². The van der Waals surface area contributed by atoms with E-state index in [2.05, 4.69) is 0 Å². The second-order valence-electron chi connectivity index (χ2n) is 5.85. The van der Waals surface area contributed by atoms with Crippen LogP contribution in [0, 0.1) is 11.8 Å². The SMILES string of the molecule is CC(C)(CC[C@H]1CCC[C@@H](C(N)=O)C1)OC(N)=O. The summed E-state index contributed by atoms with van der Waals surface area (Å²) in [6, 6.07) is 0. The fourth-order valence-corrected chi connectivity index (χ4v) is 2.69. The zero-order valence-corrected chi connectivity index (χ0v) is 11.3. The third kappa shape index (κ3) is 4.94. The highest BCUT2D eigenvalue weighted by molar-refractivity contribution is 5.76. The normalized spacial score (nSPS) is 24.6. The molecule has 5 nitrogen and oxygen atoms in total. The first-order valence-corrected chi connectivity index (χ1v) is 6.58. The van der Waals surface area contributed by atoms with Gasteiger partial charge in [-0.1, -0.05) is 12.8 Å². The minimum atomic E-state index is -0.737. The zero-order chi connectivity index (χ0) is 13.8. The monoisotopic (exact) mass is 256 g/mol. The van der Waals surface area contributed by atoms with Crippen molar-refractivity contribution in [3.05, 3.63) is 0 Å². The molecule has 0 aromatic heterocycles. The Kier molecular flexibility index (Phi) is 4.99. The molecule has 1 rings (SSSR count). The summed E-state index contributed by atoms with van der Waals surface area (Å²) in [6.07, 6.45) is 4.90. The Bertz CT molecular complexity index is 315. The highest BCUT2D eigenvalue weighted by Crippen LogP contribution is 2.33. The van der Waals surface area contributed by atoms with Crippen LogP contribution < -0.4 is 11.5 Å². The molecule has 0 aromatic carbocycles. The van der Waals surface area contributed by atoms with E-state index < -0.39 is 11.7 Å². The van der Waals surface area contributed by atoms with Crippen molar-refractivity contribution in [1.29, 1.82) is 0 Å². The van der Waals surface area contributed by atoms with Gasteiger partial charge in [0.25, 0.3) is 0 Å². The number of primary amides is 2. The number of rotatable bonds is 5. The Labute approximate surface area is 108 Å². The van der Waals surface area contributed by atoms with Crippen LogP contribution in [0.15, 0.2) is 0 Å². The minimum Gasteiger partial charge on any atom is -0.444 e. The number of nitrogens with two attached hydrogens (primary N) is 2. The Morgan fingerprint density at radius 3 is 2.50 bits per heavy atom. The summed E-state index contributed by atoms with van der Waals surface area (Å²) < 4.78 is 5.05. The summed E-state index contributed by atoms with van der Waals surface area (Å²) in [6.45, 7) is 3.71. The number of amides is 2. The Hall–Kier alpha value is -1.26. The summed E-state index contributed by atoms with van der Waals surface area (Å²) in [7, 11) is 0. The molecule has 0 saturated heterocycles. The molecule has 2 atom stereocenters. The lowest BCUT2D eigenvalue weighted by Gasteiger charge is -2.30. The van der Waals surface area contributed by atoms with Gasteiger partial charge in [-0.05, 0) is 45.4 Å². The van der Waals surface area contributed by atoms with E-state index in [9.17, 15) is 9.59 Å². The van der Waals surface area contributed by atoms with Crippen LogP contribution >= 0.6 is 0 Å². The van der Waals surface area contributed by atoms with Gasteiger partial charge in [-0.25, -0.2) is 4.79 Å². The highest BCUT2D eigenvalue weighted by atomic mass is 16.6. The molecule has 0 unspecified atom stereocenters. The Balaban J connectivity index is 2.38. The lowest BCUT2D eigenvalue weighted by atomic mass is 9.78. The van der Waals surface area contributed by atoms with E-state index >= 15 is 0 Å². The molecule has 4 N–H and O–H groups in total. The molecule has 0 aromatic rings. The van der Waals surface area contributed by atoms with Gasteiger partial charge in [0.05, 0.1) is 0 Å². The van der Waals surface area contributed by atoms with Gasteiger partial charge < -0.3 is 16.2 Å². The lowest BCUT2D eigenvalue weighted by molar-refractivity contribution is -0.123. The number of hydrogen-bond donors (Lipinski definition) is 2. The van der Waals surface area contributed by atoms with Crippen LogP contribution in [-0.4, -0.2) is 17.6 Å². The summed E-state index contributed by atoms with van der Waals surface area (Å²) in [5.41, 5.74) is 9.84. The van der Waals surface area contributed by atoms with Gasteiger partial charge in [-0.15, -0.1) is 0 Å². The molecular weight excluding hydrogens is 232 g/mol. The van der Waals surface area contributed by atoms with Crippen molar-refractivity contribution >= 4 is 12.0 Å². The predicted octanol–water partition coefficient (Wildman–Crippen LogP) is 1.93. The second kappa shape index (κ2) is 6.07. The molecule has 0 aliphatic heterocycles. The first-order chi connectivity index (χ1) is 8.30. The molecule has 1 aliphatic carbocycles. The van der Waals surface area contributed by atoms with E-state index in [0.717, 1.165) is 38.5 Å². The third-order valence-electron chi connectivity index (χ3n) is 3.72. The van der Waals surface area contributed by atoms with Crippen LogP contribution in [0.25, 0.3) is 0 Å². The molecular formula is C13H24N2O3. The van der Waals surface area contributed by atoms with Crippen LogP contribution in [0.1, 0.15) is 52.4 Å². The van der Waals surface area contributed by atoms with Gasteiger partial charge in [0.15, 0.2) is 0 Å². The summed E-state index contributed by atoms with van der Waals surface area (Å²) >= 11 is 0. The van der Waals surface area contributed by atoms with E-state index in [1.807, 2.05) is 13.8 Å². The van der Waals surface area contributed by atoms with Crippen molar-refractivity contribution in [2.45, 2.75) is 58.0 Å². The van der Waals surface area contributed by atoms with Crippen LogP contribution in [0.5, 0.6) is 0 Å². The first-order valence-electron chi connectivity index (χ1n) is 6.58. The molecule has 18 heavy (non-hydrogen) atoms. The summed E-state index contributed by atoms with van der Waals surface area (Å²) in [5.74, 6) is 0.322. The maximum atomic E-state index is 11.2. The van der Waals surface area contributed by atoms with E-state index in [4.69, 9.17) is 16.2 Å². The summed E-state index contributed by atoms with van der Waals surface area (Å²) in [5, 5.41) is 0. The molecule has 1 fully saturated rings. The largest absolute Gasteiger partial charge is 0.444 e. The van der Waals surface area contributed by atoms with E-state index in [0.29, 0.717) is 5.92 Å². The van der Waals surface area contributed by atoms with Crippen molar-refractivity contribution in [1.82, 2.24) is 0 Å². The van der Waals surface area contributed by atoms with E-state index in [1.165, 1.54) is 0 Å². The van der Waals surface area contributed by atoms with Gasteiger partial charge in [-0.3, -0.25) is 4.79 Å². The number of carbonyl (C=O) groups is 2. The first kappa shape index (κ1) is 14.8. The highest BCUT2D eigenvalue weighted by Gasteiger charge is 2.28. The molecule has 0 bridgehead atoms. The molecule has 0 heterocycles. The fourth-order valence-electron chi connectivity index (χ4n) is 2.69. The average Bonchev–Trinajstić information content (AvgIpc) is 2.25. The maximum Gasteiger partial charge on any atom is 0.405 e. The third-order valence-corrected chi connectivity index (χ3v) is 3.72. The topological polar surface area (TPSA) is 95.4 Å². The van der Waals surface area contributed by atoms with Gasteiger partial charge in [0, 0.05) is 5.92 Å². The molecule has 0 spiro atoms. The minimum absolute atomic E-state index is 0.0175. The Morgan fingerprint density at radius 2 is 1.94 bits per heavy atom. The quantitative estimate of drug-likeness (QED) is 0.786. The lowest BCUT2D eigenvalue weighted by Crippen LogP contribution is -2.33. The van der Waals surface area contributed by atoms with Crippen molar-refractivity contribution in [3.8, 4) is 0 Å². The smallest absolute Gasteiger partial charge is 0.405 e. The number of hydrogen-bond acceptors (Lipinski definition) is 3. The van der Waals surface area contributed by atoms with Crippen LogP contribution in [0.4, 0.5) is 4.79 Å². The molecule has 104 valence electrons. The molecule has 5 heteroatoms. The summed E-state index contributed by atoms with van der Waals surface area (Å²) in [4.78, 5) is 21.9. The maximum absolute atomic E-state index is 11.2. The van der Waals surface area contributed by atoms with E-state index in [1.54, 1.807) is 0 Å². The standard InChI is InChI=1S/C13H24N2O3/c1-13(2,18-12(15)17)7-6-9-4-3-5-10(8-9)11(14)16/h9-10H,3-8H2,1-2H3,(H2,14,16)(H2,15,17)/t9-,10-/m1/s1. The number of ether oxygens (including phenoxy) is 1. The molecule has 1 aliphatic rings. The van der Waals surface area contributed by atoms with Gasteiger partial charge in [0.1, 0.15) is 5.60 Å². The zero-order valence-electron chi connectivity index (χ0n) is 11.3. The van der Waals surface area contributed by atoms with Crippen molar-refractivity contribution in [2.24, 2.45) is 23.3 Å². The Morgan fingerprint density at radius 1 is 1.28 bits per heavy atom. The fraction of sp³-hybridized carbons (Fsp3) is 0.846. The van der Waals surface area contributed by atoms with Crippen molar-refractivity contribution in [3.63, 3.8) is 0 Å². The number of carbonyl (C=O) groups excluding carboxylic acids is 2. The van der Waals surface area contributed by atoms with E-state index in [-0.39, 0.29) is 11.8 Å². The van der Waals surface area contributed by atoms with Crippen LogP contribution in [0.2, 0.25) is 0 Å². The van der Waals surface area contributed by atoms with Crippen LogP contribution in [0.3, 0.4) is 0 Å². The van der Waals surface area contributed by atoms with Crippen molar-refractivity contribution in [2.75, 3.05) is 0 Å². The molecule has 0 radical (unpaired) electrons. The van der Waals surface area contributed by atoms with Gasteiger partial charge >= 0.3 is 6.09 Å².